The second-order valence-electron chi connectivity index (χ2n) is 10.7. The van der Waals surface area contributed by atoms with Gasteiger partial charge in [0.15, 0.2) is 0 Å². The highest BCUT2D eigenvalue weighted by Crippen LogP contribution is 2.36. The van der Waals surface area contributed by atoms with Crippen LogP contribution in [-0.2, 0) is 0 Å². The fraction of sp³-hybridized carbons (Fsp3) is 0.290. The van der Waals surface area contributed by atoms with E-state index in [0.717, 1.165) is 40.9 Å². The number of benzene rings is 4. The van der Waals surface area contributed by atoms with E-state index in [1.807, 2.05) is 0 Å². The molecule has 2 fully saturated rings. The number of imidazole rings is 2. The molecule has 1 atom stereocenters. The van der Waals surface area contributed by atoms with Crippen molar-refractivity contribution in [2.45, 2.75) is 50.5 Å². The average molecular weight is 472 g/mol. The Morgan fingerprint density at radius 3 is 1.83 bits per heavy atom. The van der Waals surface area contributed by atoms with Gasteiger partial charge in [-0.2, -0.15) is 0 Å². The minimum absolute atomic E-state index is 0.347. The summed E-state index contributed by atoms with van der Waals surface area (Å²) < 4.78 is 0. The van der Waals surface area contributed by atoms with Crippen LogP contribution in [0.15, 0.2) is 60.7 Å². The molecule has 4 aromatic carbocycles. The zero-order chi connectivity index (χ0) is 23.6. The summed E-state index contributed by atoms with van der Waals surface area (Å²) in [7, 11) is 0. The molecule has 5 nitrogen and oxygen atoms in total. The molecular formula is C31H29N5. The van der Waals surface area contributed by atoms with E-state index < -0.39 is 0 Å². The van der Waals surface area contributed by atoms with Crippen molar-refractivity contribution in [3.05, 3.63) is 72.3 Å². The Bertz CT molecular complexity index is 1630. The minimum Gasteiger partial charge on any atom is -0.342 e. The Hall–Kier alpha value is -3.70. The van der Waals surface area contributed by atoms with E-state index in [1.54, 1.807) is 0 Å². The highest BCUT2D eigenvalue weighted by Gasteiger charge is 2.22. The number of fused-ring (bicyclic) bond motifs is 6. The lowest BCUT2D eigenvalue weighted by Crippen LogP contribution is -2.13. The van der Waals surface area contributed by atoms with Gasteiger partial charge in [-0.25, -0.2) is 9.97 Å². The first kappa shape index (κ1) is 20.5. The molecule has 1 saturated heterocycles. The molecule has 3 heterocycles. The van der Waals surface area contributed by atoms with Gasteiger partial charge in [0.1, 0.15) is 11.6 Å². The number of nitrogens with one attached hydrogen (secondary N) is 3. The molecule has 0 amide bonds. The third-order valence-corrected chi connectivity index (χ3v) is 8.44. The molecule has 36 heavy (non-hydrogen) atoms. The van der Waals surface area contributed by atoms with Crippen LogP contribution in [0.1, 0.15) is 62.1 Å². The van der Waals surface area contributed by atoms with Gasteiger partial charge < -0.3 is 15.3 Å². The van der Waals surface area contributed by atoms with Crippen molar-refractivity contribution in [3.63, 3.8) is 0 Å². The lowest BCUT2D eigenvalue weighted by atomic mass is 9.98. The molecule has 6 aromatic rings. The first-order valence-corrected chi connectivity index (χ1v) is 13.4. The normalized spacial score (nSPS) is 18.9. The van der Waals surface area contributed by atoms with Crippen molar-refractivity contribution in [1.29, 1.82) is 0 Å². The zero-order valence-electron chi connectivity index (χ0n) is 20.3. The predicted octanol–water partition coefficient (Wildman–Crippen LogP) is 7.49. The second kappa shape index (κ2) is 7.90. The molecule has 5 heteroatoms. The summed E-state index contributed by atoms with van der Waals surface area (Å²) in [5, 5.41) is 8.44. The third kappa shape index (κ3) is 3.19. The molecular weight excluding hydrogens is 442 g/mol. The van der Waals surface area contributed by atoms with Crippen molar-refractivity contribution in [3.8, 4) is 11.1 Å². The summed E-state index contributed by atoms with van der Waals surface area (Å²) in [6.07, 6.45) is 7.52. The van der Waals surface area contributed by atoms with Gasteiger partial charge in [-0.3, -0.25) is 0 Å². The quantitative estimate of drug-likeness (QED) is 0.250. The van der Waals surface area contributed by atoms with Crippen LogP contribution in [-0.4, -0.2) is 26.5 Å². The number of aromatic nitrogens is 4. The van der Waals surface area contributed by atoms with Crippen molar-refractivity contribution in [2.24, 2.45) is 0 Å². The van der Waals surface area contributed by atoms with Crippen LogP contribution < -0.4 is 5.32 Å². The number of hydrogen-bond donors (Lipinski definition) is 3. The summed E-state index contributed by atoms with van der Waals surface area (Å²) in [4.78, 5) is 17.2. The maximum absolute atomic E-state index is 5.06. The standard InChI is InChI=1S/C31H29N5/c1-2-5-18(4-1)30-33-25-13-9-21-16-19(7-11-23(21)28(25)35-30)20-8-12-24-22(17-20)10-14-26-29(24)36-31(34-26)27-6-3-15-32-27/h7-14,16-18,27,32H,1-6,15H2,(H,33,35)(H,34,36)/t27-/m0/s1. The van der Waals surface area contributed by atoms with Crippen molar-refractivity contribution in [1.82, 2.24) is 25.3 Å². The van der Waals surface area contributed by atoms with E-state index in [4.69, 9.17) is 9.97 Å². The Morgan fingerprint density at radius 2 is 1.22 bits per heavy atom. The number of nitrogens with zero attached hydrogens (tertiary/aromatic N) is 2. The van der Waals surface area contributed by atoms with Gasteiger partial charge in [0.05, 0.1) is 28.1 Å². The molecule has 1 aliphatic heterocycles. The molecule has 0 spiro atoms. The number of rotatable bonds is 3. The van der Waals surface area contributed by atoms with E-state index in [1.165, 1.54) is 70.6 Å². The topological polar surface area (TPSA) is 69.4 Å². The maximum Gasteiger partial charge on any atom is 0.124 e. The summed E-state index contributed by atoms with van der Waals surface area (Å²) in [5.41, 5.74) is 6.90. The van der Waals surface area contributed by atoms with Gasteiger partial charge in [0, 0.05) is 16.7 Å². The second-order valence-corrected chi connectivity index (χ2v) is 10.7. The molecule has 0 bridgehead atoms. The highest BCUT2D eigenvalue weighted by atomic mass is 15.0. The molecule has 2 aromatic heterocycles. The first-order valence-electron chi connectivity index (χ1n) is 13.4. The summed E-state index contributed by atoms with van der Waals surface area (Å²) in [5.74, 6) is 2.83. The Balaban J connectivity index is 1.19. The van der Waals surface area contributed by atoms with Gasteiger partial charge in [-0.1, -0.05) is 49.2 Å². The Morgan fingerprint density at radius 1 is 0.611 bits per heavy atom. The zero-order valence-corrected chi connectivity index (χ0v) is 20.3. The van der Waals surface area contributed by atoms with Gasteiger partial charge in [-0.15, -0.1) is 0 Å². The minimum atomic E-state index is 0.347. The Kier molecular flexibility index (Phi) is 4.50. The van der Waals surface area contributed by atoms with Crippen molar-refractivity contribution in [2.75, 3.05) is 6.54 Å². The van der Waals surface area contributed by atoms with Crippen LogP contribution in [0, 0.1) is 0 Å². The maximum atomic E-state index is 5.06. The number of H-pyrrole nitrogens is 2. The smallest absolute Gasteiger partial charge is 0.124 e. The van der Waals surface area contributed by atoms with Gasteiger partial charge in [0.25, 0.3) is 0 Å². The fourth-order valence-electron chi connectivity index (χ4n) is 6.48. The van der Waals surface area contributed by atoms with Gasteiger partial charge in [-0.05, 0) is 78.4 Å². The lowest BCUT2D eigenvalue weighted by Gasteiger charge is -2.07. The molecule has 3 N–H and O–H groups in total. The molecule has 0 unspecified atom stereocenters. The van der Waals surface area contributed by atoms with E-state index in [2.05, 4.69) is 75.9 Å². The SMILES string of the molecule is c1cc2c(ccc3[nH]c(C4CCCC4)nc32)cc1-c1ccc2c(ccc3[nH]c([C@@H]4CCCN4)nc32)c1. The lowest BCUT2D eigenvalue weighted by molar-refractivity contribution is 0.614. The van der Waals surface area contributed by atoms with Crippen LogP contribution in [0.25, 0.3) is 54.7 Å². The van der Waals surface area contributed by atoms with Crippen molar-refractivity contribution < 1.29 is 0 Å². The van der Waals surface area contributed by atoms with E-state index >= 15 is 0 Å². The predicted molar refractivity (Wildman–Crippen MR) is 147 cm³/mol. The van der Waals surface area contributed by atoms with Gasteiger partial charge >= 0.3 is 0 Å². The summed E-state index contributed by atoms with van der Waals surface area (Å²) >= 11 is 0. The number of aromatic amines is 2. The molecule has 2 aliphatic rings. The summed E-state index contributed by atoms with van der Waals surface area (Å²) in [6.45, 7) is 1.07. The average Bonchev–Trinajstić information content (AvgIpc) is 3.73. The monoisotopic (exact) mass is 471 g/mol. The van der Waals surface area contributed by atoms with Crippen molar-refractivity contribution >= 4 is 43.6 Å². The summed E-state index contributed by atoms with van der Waals surface area (Å²) in [6, 6.07) is 22.7. The molecule has 1 aliphatic carbocycles. The largest absolute Gasteiger partial charge is 0.342 e. The number of hydrogen-bond acceptors (Lipinski definition) is 3. The van der Waals surface area contributed by atoms with Crippen LogP contribution >= 0.6 is 0 Å². The Labute approximate surface area is 209 Å². The van der Waals surface area contributed by atoms with E-state index in [9.17, 15) is 0 Å². The molecule has 178 valence electrons. The fourth-order valence-corrected chi connectivity index (χ4v) is 6.48. The van der Waals surface area contributed by atoms with Gasteiger partial charge in [0.2, 0.25) is 0 Å². The van der Waals surface area contributed by atoms with Crippen LogP contribution in [0.2, 0.25) is 0 Å². The van der Waals surface area contributed by atoms with E-state index in [-0.39, 0.29) is 0 Å². The molecule has 8 rings (SSSR count). The first-order chi connectivity index (χ1) is 17.8. The van der Waals surface area contributed by atoms with Crippen LogP contribution in [0.5, 0.6) is 0 Å². The van der Waals surface area contributed by atoms with Crippen LogP contribution in [0.4, 0.5) is 0 Å². The molecule has 0 radical (unpaired) electrons. The van der Waals surface area contributed by atoms with E-state index in [0.29, 0.717) is 12.0 Å². The molecule has 1 saturated carbocycles. The third-order valence-electron chi connectivity index (χ3n) is 8.44. The van der Waals surface area contributed by atoms with Crippen LogP contribution in [0.3, 0.4) is 0 Å². The highest BCUT2D eigenvalue weighted by molar-refractivity contribution is 6.07.